The van der Waals surface area contributed by atoms with Crippen molar-refractivity contribution in [3.05, 3.63) is 29.3 Å². The maximum Gasteiger partial charge on any atom is 0.410 e. The van der Waals surface area contributed by atoms with E-state index in [2.05, 4.69) is 11.9 Å². The summed E-state index contributed by atoms with van der Waals surface area (Å²) in [5.74, 6) is 1.01. The molecule has 0 bridgehead atoms. The van der Waals surface area contributed by atoms with E-state index >= 15 is 0 Å². The van der Waals surface area contributed by atoms with Crippen molar-refractivity contribution in [2.45, 2.75) is 31.7 Å². The number of fused-ring (bicyclic) bond motifs is 2. The molecule has 3 heterocycles. The number of nitrogens with zero attached hydrogens (tertiary/aromatic N) is 1. The second kappa shape index (κ2) is 6.53. The number of ether oxygens (including phenoxy) is 4. The van der Waals surface area contributed by atoms with E-state index in [-0.39, 0.29) is 18.9 Å². The van der Waals surface area contributed by atoms with Crippen LogP contribution in [0.2, 0.25) is 0 Å². The molecule has 0 aliphatic carbocycles. The van der Waals surface area contributed by atoms with Crippen molar-refractivity contribution in [3.8, 4) is 11.5 Å². The highest BCUT2D eigenvalue weighted by Gasteiger charge is 2.35. The molecule has 0 spiro atoms. The molecular weight excluding hydrogens is 340 g/mol. The molecule has 0 radical (unpaired) electrons. The molecule has 4 rings (SSSR count). The number of carbonyl (C=O) groups is 2. The fraction of sp³-hybridized carbons (Fsp3) is 0.444. The number of methoxy groups -OCH3 is 1. The van der Waals surface area contributed by atoms with Crippen molar-refractivity contribution in [2.24, 2.45) is 0 Å². The summed E-state index contributed by atoms with van der Waals surface area (Å²) < 4.78 is 21.2. The van der Waals surface area contributed by atoms with E-state index in [0.717, 1.165) is 16.7 Å². The lowest BCUT2D eigenvalue weighted by molar-refractivity contribution is -0.142. The first-order chi connectivity index (χ1) is 12.6. The molecule has 1 saturated heterocycles. The van der Waals surface area contributed by atoms with E-state index in [1.54, 1.807) is 11.0 Å². The first-order valence-electron chi connectivity index (χ1n) is 8.44. The fourth-order valence-corrected chi connectivity index (χ4v) is 3.62. The summed E-state index contributed by atoms with van der Waals surface area (Å²) in [5, 5.41) is 3.00. The lowest BCUT2D eigenvalue weighted by Gasteiger charge is -2.18. The summed E-state index contributed by atoms with van der Waals surface area (Å²) in [6.07, 6.45) is 1.37. The molecule has 1 aromatic rings. The second-order valence-corrected chi connectivity index (χ2v) is 6.45. The van der Waals surface area contributed by atoms with E-state index in [4.69, 9.17) is 18.9 Å². The van der Waals surface area contributed by atoms with Crippen LogP contribution in [0, 0.1) is 0 Å². The molecule has 8 nitrogen and oxygen atoms in total. The van der Waals surface area contributed by atoms with E-state index in [9.17, 15) is 9.59 Å². The van der Waals surface area contributed by atoms with Gasteiger partial charge in [-0.25, -0.2) is 4.79 Å². The van der Waals surface area contributed by atoms with Crippen LogP contribution in [0.5, 0.6) is 11.5 Å². The Morgan fingerprint density at radius 1 is 1.38 bits per heavy atom. The third kappa shape index (κ3) is 2.76. The largest absolute Gasteiger partial charge is 0.468 e. The van der Waals surface area contributed by atoms with Crippen molar-refractivity contribution < 1.29 is 28.5 Å². The monoisotopic (exact) mass is 360 g/mol. The van der Waals surface area contributed by atoms with Gasteiger partial charge in [0, 0.05) is 25.1 Å². The van der Waals surface area contributed by atoms with Crippen molar-refractivity contribution in [2.75, 3.05) is 20.4 Å². The first kappa shape index (κ1) is 16.7. The van der Waals surface area contributed by atoms with Crippen LogP contribution in [0.1, 0.15) is 23.1 Å². The van der Waals surface area contributed by atoms with Crippen molar-refractivity contribution in [1.29, 1.82) is 0 Å². The summed E-state index contributed by atoms with van der Waals surface area (Å²) in [4.78, 5) is 25.7. The van der Waals surface area contributed by atoms with E-state index in [1.165, 1.54) is 7.11 Å². The Hall–Kier alpha value is -2.74. The first-order valence-corrected chi connectivity index (χ1v) is 8.44. The van der Waals surface area contributed by atoms with Crippen LogP contribution in [-0.4, -0.2) is 49.6 Å². The highest BCUT2D eigenvalue weighted by Crippen LogP contribution is 2.43. The van der Waals surface area contributed by atoms with Crippen molar-refractivity contribution in [3.63, 3.8) is 0 Å². The lowest BCUT2D eigenvalue weighted by Crippen LogP contribution is -2.31. The molecule has 1 fully saturated rings. The number of hydrogen-bond acceptors (Lipinski definition) is 7. The average Bonchev–Trinajstić information content (AvgIpc) is 3.37. The lowest BCUT2D eigenvalue weighted by atomic mass is 10.0. The molecule has 2 atom stereocenters. The summed E-state index contributed by atoms with van der Waals surface area (Å²) in [6, 6.07) is 1.47. The van der Waals surface area contributed by atoms with Gasteiger partial charge in [-0.15, -0.1) is 0 Å². The van der Waals surface area contributed by atoms with Gasteiger partial charge in [0.05, 0.1) is 13.7 Å². The minimum Gasteiger partial charge on any atom is -0.468 e. The molecule has 26 heavy (non-hydrogen) atoms. The second-order valence-electron chi connectivity index (χ2n) is 6.45. The van der Waals surface area contributed by atoms with Gasteiger partial charge in [-0.3, -0.25) is 9.69 Å². The van der Waals surface area contributed by atoms with E-state index in [1.807, 2.05) is 6.07 Å². The predicted molar refractivity (Wildman–Crippen MR) is 90.6 cm³/mol. The average molecular weight is 360 g/mol. The molecule has 3 aliphatic heterocycles. The normalized spacial score (nSPS) is 22.9. The zero-order valence-corrected chi connectivity index (χ0v) is 14.4. The number of benzene rings is 1. The number of nitrogens with one attached hydrogen (secondary N) is 1. The van der Waals surface area contributed by atoms with Gasteiger partial charge in [-0.2, -0.15) is 0 Å². The molecule has 0 unspecified atom stereocenters. The van der Waals surface area contributed by atoms with E-state index < -0.39 is 12.1 Å². The van der Waals surface area contributed by atoms with Crippen LogP contribution in [0.4, 0.5) is 4.79 Å². The van der Waals surface area contributed by atoms with Gasteiger partial charge >= 0.3 is 12.1 Å². The van der Waals surface area contributed by atoms with Gasteiger partial charge in [-0.05, 0) is 17.2 Å². The fourth-order valence-electron chi connectivity index (χ4n) is 3.62. The standard InChI is InChI=1S/C18H20N2O6/c1-3-12-13-8-20(7-10(13)4-15-16(12)25-9-24-15)18(22)26-11-5-14(19-6-11)17(21)23-2/h3-4,11,14,19H,1,5-9H2,2H3/t11-,14+/m1/s1. The van der Waals surface area contributed by atoms with Crippen LogP contribution in [0.3, 0.4) is 0 Å². The number of rotatable bonds is 3. The van der Waals surface area contributed by atoms with Gasteiger partial charge in [0.1, 0.15) is 12.1 Å². The number of amides is 1. The Labute approximate surface area is 150 Å². The van der Waals surface area contributed by atoms with Crippen LogP contribution in [0.15, 0.2) is 12.6 Å². The van der Waals surface area contributed by atoms with Gasteiger partial charge in [0.15, 0.2) is 11.5 Å². The van der Waals surface area contributed by atoms with Crippen LogP contribution < -0.4 is 14.8 Å². The third-order valence-electron chi connectivity index (χ3n) is 4.92. The summed E-state index contributed by atoms with van der Waals surface area (Å²) in [6.45, 7) is 5.34. The summed E-state index contributed by atoms with van der Waals surface area (Å²) in [7, 11) is 1.34. The topological polar surface area (TPSA) is 86.3 Å². The molecule has 1 aromatic carbocycles. The quantitative estimate of drug-likeness (QED) is 0.816. The molecular formula is C18H20N2O6. The summed E-state index contributed by atoms with van der Waals surface area (Å²) >= 11 is 0. The Kier molecular flexibility index (Phi) is 4.20. The number of carbonyl (C=O) groups excluding carboxylic acids is 2. The van der Waals surface area contributed by atoms with Gasteiger partial charge in [0.25, 0.3) is 0 Å². The molecule has 138 valence electrons. The van der Waals surface area contributed by atoms with E-state index in [0.29, 0.717) is 37.6 Å². The molecule has 8 heteroatoms. The minimum atomic E-state index is -0.432. The Bertz CT molecular complexity index is 777. The summed E-state index contributed by atoms with van der Waals surface area (Å²) in [5.41, 5.74) is 2.86. The zero-order chi connectivity index (χ0) is 18.3. The van der Waals surface area contributed by atoms with Gasteiger partial charge in [-0.1, -0.05) is 12.7 Å². The van der Waals surface area contributed by atoms with Crippen LogP contribution in [0.25, 0.3) is 6.08 Å². The molecule has 1 amide bonds. The number of hydrogen-bond donors (Lipinski definition) is 1. The maximum atomic E-state index is 12.5. The highest BCUT2D eigenvalue weighted by molar-refractivity contribution is 5.76. The Balaban J connectivity index is 1.43. The number of esters is 1. The molecule has 1 N–H and O–H groups in total. The zero-order valence-electron chi connectivity index (χ0n) is 14.4. The maximum absolute atomic E-state index is 12.5. The van der Waals surface area contributed by atoms with Crippen LogP contribution in [-0.2, 0) is 27.4 Å². The smallest absolute Gasteiger partial charge is 0.410 e. The molecule has 0 aromatic heterocycles. The predicted octanol–water partition coefficient (Wildman–Crippen LogP) is 1.41. The Morgan fingerprint density at radius 2 is 2.23 bits per heavy atom. The van der Waals surface area contributed by atoms with Gasteiger partial charge in [0.2, 0.25) is 6.79 Å². The third-order valence-corrected chi connectivity index (χ3v) is 4.92. The molecule has 3 aliphatic rings. The highest BCUT2D eigenvalue weighted by atomic mass is 16.7. The van der Waals surface area contributed by atoms with Crippen molar-refractivity contribution >= 4 is 18.1 Å². The van der Waals surface area contributed by atoms with Crippen LogP contribution >= 0.6 is 0 Å². The SMILES string of the molecule is C=Cc1c2c(cc3c1OCO3)CN(C(=O)O[C@H]1CN[C@H](C(=O)OC)C1)C2. The van der Waals surface area contributed by atoms with Crippen molar-refractivity contribution in [1.82, 2.24) is 10.2 Å². The molecule has 0 saturated carbocycles. The van der Waals surface area contributed by atoms with Gasteiger partial charge < -0.3 is 24.3 Å². The minimum absolute atomic E-state index is 0.195. The Morgan fingerprint density at radius 3 is 3.00 bits per heavy atom.